The van der Waals surface area contributed by atoms with Crippen LogP contribution in [0.2, 0.25) is 5.02 Å². The summed E-state index contributed by atoms with van der Waals surface area (Å²) < 4.78 is 13.2. The van der Waals surface area contributed by atoms with Gasteiger partial charge in [0.2, 0.25) is 0 Å². The molecular weight excluding hydrogens is 213 g/mol. The Bertz CT molecular complexity index is 418. The van der Waals surface area contributed by atoms with Gasteiger partial charge in [0.1, 0.15) is 5.82 Å². The average Bonchev–Trinajstić information content (AvgIpc) is 2.17. The normalized spacial score (nSPS) is 17.9. The minimum atomic E-state index is -0.401. The zero-order chi connectivity index (χ0) is 10.9. The van der Waals surface area contributed by atoms with Crippen molar-refractivity contribution in [2.75, 3.05) is 0 Å². The molecule has 1 fully saturated rings. The van der Waals surface area contributed by atoms with E-state index in [0.717, 1.165) is 24.8 Å². The number of rotatable bonds is 2. The highest BCUT2D eigenvalue weighted by atomic mass is 35.5. The van der Waals surface area contributed by atoms with Crippen molar-refractivity contribution in [1.82, 2.24) is 0 Å². The van der Waals surface area contributed by atoms with Gasteiger partial charge in [0.05, 0.1) is 16.5 Å². The van der Waals surface area contributed by atoms with Crippen molar-refractivity contribution in [2.24, 2.45) is 5.41 Å². The molecule has 0 bridgehead atoms. The Labute approximate surface area is 93.5 Å². The van der Waals surface area contributed by atoms with Gasteiger partial charge in [0.25, 0.3) is 0 Å². The Morgan fingerprint density at radius 3 is 2.67 bits per heavy atom. The maximum absolute atomic E-state index is 13.2. The second-order valence-electron chi connectivity index (χ2n) is 4.17. The van der Waals surface area contributed by atoms with Gasteiger partial charge in [-0.15, -0.1) is 0 Å². The van der Waals surface area contributed by atoms with E-state index < -0.39 is 5.82 Å². The van der Waals surface area contributed by atoms with Gasteiger partial charge in [-0.25, -0.2) is 4.39 Å². The van der Waals surface area contributed by atoms with E-state index in [1.54, 1.807) is 12.1 Å². The highest BCUT2D eigenvalue weighted by Crippen LogP contribution is 2.43. The predicted octanol–water partition coefficient (Wildman–Crippen LogP) is 3.72. The van der Waals surface area contributed by atoms with Crippen LogP contribution >= 0.6 is 11.6 Å². The first-order valence-electron chi connectivity index (χ1n) is 5.00. The average molecular weight is 224 g/mol. The fourth-order valence-corrected chi connectivity index (χ4v) is 2.09. The van der Waals surface area contributed by atoms with Gasteiger partial charge in [-0.1, -0.05) is 24.1 Å². The third kappa shape index (κ3) is 1.98. The SMILES string of the molecule is N#CC1(Cc2ccc(Cl)c(F)c2)CCC1. The minimum absolute atomic E-state index is 0.137. The number of nitriles is 1. The summed E-state index contributed by atoms with van der Waals surface area (Å²) in [4.78, 5) is 0. The first kappa shape index (κ1) is 10.4. The molecule has 0 unspecified atom stereocenters. The molecule has 1 aromatic carbocycles. The third-order valence-electron chi connectivity index (χ3n) is 3.07. The van der Waals surface area contributed by atoms with Gasteiger partial charge in [0, 0.05) is 0 Å². The molecule has 0 spiro atoms. The molecule has 1 aliphatic carbocycles. The molecule has 1 aliphatic rings. The Balaban J connectivity index is 2.18. The maximum Gasteiger partial charge on any atom is 0.142 e. The highest BCUT2D eigenvalue weighted by Gasteiger charge is 2.37. The van der Waals surface area contributed by atoms with Crippen LogP contribution in [0.5, 0.6) is 0 Å². The molecule has 0 aliphatic heterocycles. The Morgan fingerprint density at radius 2 is 2.20 bits per heavy atom. The van der Waals surface area contributed by atoms with Crippen molar-refractivity contribution in [3.8, 4) is 6.07 Å². The smallest absolute Gasteiger partial charge is 0.142 e. The molecule has 0 aromatic heterocycles. The van der Waals surface area contributed by atoms with E-state index in [1.165, 1.54) is 6.07 Å². The summed E-state index contributed by atoms with van der Waals surface area (Å²) in [5.74, 6) is -0.401. The van der Waals surface area contributed by atoms with Crippen molar-refractivity contribution in [3.63, 3.8) is 0 Å². The zero-order valence-corrected chi connectivity index (χ0v) is 9.02. The summed E-state index contributed by atoms with van der Waals surface area (Å²) in [5, 5.41) is 9.19. The van der Waals surface area contributed by atoms with Crippen LogP contribution in [0.1, 0.15) is 24.8 Å². The fraction of sp³-hybridized carbons (Fsp3) is 0.417. The van der Waals surface area contributed by atoms with Gasteiger partial charge >= 0.3 is 0 Å². The molecule has 0 amide bonds. The van der Waals surface area contributed by atoms with Crippen molar-refractivity contribution >= 4 is 11.6 Å². The van der Waals surface area contributed by atoms with Crippen LogP contribution in [0.3, 0.4) is 0 Å². The van der Waals surface area contributed by atoms with E-state index in [4.69, 9.17) is 16.9 Å². The van der Waals surface area contributed by atoms with Crippen molar-refractivity contribution in [1.29, 1.82) is 5.26 Å². The van der Waals surface area contributed by atoms with E-state index in [1.807, 2.05) is 0 Å². The van der Waals surface area contributed by atoms with Crippen molar-refractivity contribution in [2.45, 2.75) is 25.7 Å². The van der Waals surface area contributed by atoms with E-state index in [0.29, 0.717) is 6.42 Å². The molecular formula is C12H11ClFN. The molecule has 15 heavy (non-hydrogen) atoms. The van der Waals surface area contributed by atoms with Crippen LogP contribution in [0.15, 0.2) is 18.2 Å². The third-order valence-corrected chi connectivity index (χ3v) is 3.38. The first-order valence-corrected chi connectivity index (χ1v) is 5.38. The predicted molar refractivity (Wildman–Crippen MR) is 57.0 cm³/mol. The number of hydrogen-bond donors (Lipinski definition) is 0. The molecule has 1 nitrogen and oxygen atoms in total. The summed E-state index contributed by atoms with van der Waals surface area (Å²) in [6, 6.07) is 7.12. The number of halogens is 2. The van der Waals surface area contributed by atoms with Crippen molar-refractivity contribution < 1.29 is 4.39 Å². The largest absolute Gasteiger partial charge is 0.205 e. The highest BCUT2D eigenvalue weighted by molar-refractivity contribution is 6.30. The molecule has 0 heterocycles. The molecule has 0 radical (unpaired) electrons. The van der Waals surface area contributed by atoms with E-state index in [9.17, 15) is 4.39 Å². The van der Waals surface area contributed by atoms with Gasteiger partial charge in [-0.2, -0.15) is 5.26 Å². The maximum atomic E-state index is 13.2. The molecule has 78 valence electrons. The topological polar surface area (TPSA) is 23.8 Å². The fourth-order valence-electron chi connectivity index (χ4n) is 1.97. The molecule has 0 atom stereocenters. The molecule has 0 saturated heterocycles. The second kappa shape index (κ2) is 3.83. The minimum Gasteiger partial charge on any atom is -0.205 e. The lowest BCUT2D eigenvalue weighted by Crippen LogP contribution is -2.29. The van der Waals surface area contributed by atoms with Crippen LogP contribution in [-0.2, 0) is 6.42 Å². The summed E-state index contributed by atoms with van der Waals surface area (Å²) in [7, 11) is 0. The van der Waals surface area contributed by atoms with Gasteiger partial charge < -0.3 is 0 Å². The first-order chi connectivity index (χ1) is 7.15. The van der Waals surface area contributed by atoms with Crippen molar-refractivity contribution in [3.05, 3.63) is 34.6 Å². The molecule has 3 heteroatoms. The zero-order valence-electron chi connectivity index (χ0n) is 8.26. The van der Waals surface area contributed by atoms with Crippen LogP contribution < -0.4 is 0 Å². The molecule has 0 N–H and O–H groups in total. The Kier molecular flexibility index (Phi) is 2.67. The van der Waals surface area contributed by atoms with Gasteiger partial charge in [-0.3, -0.25) is 0 Å². The lowest BCUT2D eigenvalue weighted by atomic mass is 9.66. The Hall–Kier alpha value is -1.07. The standard InChI is InChI=1S/C12H11ClFN/c13-10-3-2-9(6-11(10)14)7-12(8-15)4-1-5-12/h2-3,6H,1,4-5,7H2. The molecule has 1 aromatic rings. The van der Waals surface area contributed by atoms with Crippen LogP contribution in [0.25, 0.3) is 0 Å². The molecule has 2 rings (SSSR count). The van der Waals surface area contributed by atoms with Crippen LogP contribution in [0, 0.1) is 22.6 Å². The quantitative estimate of drug-likeness (QED) is 0.750. The molecule has 1 saturated carbocycles. The number of nitrogens with zero attached hydrogens (tertiary/aromatic N) is 1. The number of hydrogen-bond acceptors (Lipinski definition) is 1. The van der Waals surface area contributed by atoms with Gasteiger partial charge in [-0.05, 0) is 37.0 Å². The van der Waals surface area contributed by atoms with Crippen LogP contribution in [-0.4, -0.2) is 0 Å². The van der Waals surface area contributed by atoms with E-state index >= 15 is 0 Å². The lowest BCUT2D eigenvalue weighted by molar-refractivity contribution is 0.214. The monoisotopic (exact) mass is 223 g/mol. The van der Waals surface area contributed by atoms with E-state index in [-0.39, 0.29) is 10.4 Å². The lowest BCUT2D eigenvalue weighted by Gasteiger charge is -2.35. The second-order valence-corrected chi connectivity index (χ2v) is 4.58. The summed E-state index contributed by atoms with van der Waals surface area (Å²) in [6.07, 6.45) is 3.59. The van der Waals surface area contributed by atoms with E-state index in [2.05, 4.69) is 6.07 Å². The van der Waals surface area contributed by atoms with Gasteiger partial charge in [0.15, 0.2) is 0 Å². The Morgan fingerprint density at radius 1 is 1.47 bits per heavy atom. The summed E-state index contributed by atoms with van der Waals surface area (Å²) in [5.41, 5.74) is 0.610. The summed E-state index contributed by atoms with van der Waals surface area (Å²) >= 11 is 5.59. The van der Waals surface area contributed by atoms with Crippen LogP contribution in [0.4, 0.5) is 4.39 Å². The summed E-state index contributed by atoms with van der Waals surface area (Å²) in [6.45, 7) is 0. The number of benzene rings is 1.